The number of nitrogens with zero attached hydrogens (tertiary/aromatic N) is 2. The van der Waals surface area contributed by atoms with E-state index in [0.29, 0.717) is 0 Å². The fourth-order valence-electron chi connectivity index (χ4n) is 2.78. The first-order valence-corrected chi connectivity index (χ1v) is 11.5. The molecule has 0 bridgehead atoms. The third-order valence-electron chi connectivity index (χ3n) is 4.21. The van der Waals surface area contributed by atoms with E-state index < -0.39 is 47.2 Å². The number of halogens is 1. The molecule has 0 heterocycles. The molecule has 0 aliphatic heterocycles. The molecule has 0 atom stereocenters. The Morgan fingerprint density at radius 1 is 0.909 bits per heavy atom. The number of nitrogens with two attached hydrogens (primary N) is 3. The van der Waals surface area contributed by atoms with Crippen LogP contribution in [-0.4, -0.2) is 26.5 Å². The molecule has 0 aliphatic carbocycles. The lowest BCUT2D eigenvalue weighted by atomic mass is 10.1. The predicted molar refractivity (Wildman–Crippen MR) is 113 cm³/mol. The van der Waals surface area contributed by atoms with Gasteiger partial charge in [-0.2, -0.15) is 38.8 Å². The SMILES string of the molecule is NOc1ccc(Cl)cc1N=Nc1c(S(=O)(=O)O)cc2cc(S(=O)(=O)ON)cc(ON)c2c1O. The number of fused-ring (bicyclic) bond motifs is 1. The summed E-state index contributed by atoms with van der Waals surface area (Å²) in [5.74, 6) is 13.8. The second-order valence-electron chi connectivity index (χ2n) is 6.16. The Morgan fingerprint density at radius 3 is 2.15 bits per heavy atom. The van der Waals surface area contributed by atoms with E-state index in [1.807, 2.05) is 0 Å². The van der Waals surface area contributed by atoms with E-state index in [4.69, 9.17) is 29.3 Å². The smallest absolute Gasteiger partial charge is 0.312 e. The van der Waals surface area contributed by atoms with Crippen molar-refractivity contribution in [2.45, 2.75) is 9.79 Å². The second-order valence-corrected chi connectivity index (χ2v) is 9.56. The largest absolute Gasteiger partial charge is 0.505 e. The number of rotatable bonds is 7. The third-order valence-corrected chi connectivity index (χ3v) is 6.38. The minimum Gasteiger partial charge on any atom is -0.505 e. The Balaban J connectivity index is 2.37. The van der Waals surface area contributed by atoms with Gasteiger partial charge in [-0.05, 0) is 35.7 Å². The molecule has 3 aromatic rings. The summed E-state index contributed by atoms with van der Waals surface area (Å²) in [6.45, 7) is 0. The fraction of sp³-hybridized carbons (Fsp3) is 0. The highest BCUT2D eigenvalue weighted by Gasteiger charge is 2.26. The zero-order valence-corrected chi connectivity index (χ0v) is 18.4. The summed E-state index contributed by atoms with van der Waals surface area (Å²) in [7, 11) is -9.51. The van der Waals surface area contributed by atoms with Crippen molar-refractivity contribution in [3.8, 4) is 17.2 Å². The molecule has 3 aromatic carbocycles. The van der Waals surface area contributed by atoms with Crippen molar-refractivity contribution in [3.05, 3.63) is 41.4 Å². The van der Waals surface area contributed by atoms with Crippen LogP contribution in [0, 0.1) is 0 Å². The van der Waals surface area contributed by atoms with Crippen molar-refractivity contribution in [2.75, 3.05) is 0 Å². The molecule has 0 spiro atoms. The molecule has 3 rings (SSSR count). The molecule has 0 radical (unpaired) electrons. The summed E-state index contributed by atoms with van der Waals surface area (Å²) >= 11 is 5.89. The summed E-state index contributed by atoms with van der Waals surface area (Å²) in [5, 5.41) is 17.9. The lowest BCUT2D eigenvalue weighted by Crippen LogP contribution is -2.12. The first-order valence-electron chi connectivity index (χ1n) is 8.32. The highest BCUT2D eigenvalue weighted by molar-refractivity contribution is 7.86. The second kappa shape index (κ2) is 9.04. The summed E-state index contributed by atoms with van der Waals surface area (Å²) in [5.41, 5.74) is -0.792. The zero-order valence-electron chi connectivity index (χ0n) is 16.0. The maximum atomic E-state index is 12.0. The van der Waals surface area contributed by atoms with Crippen molar-refractivity contribution in [1.82, 2.24) is 0 Å². The van der Waals surface area contributed by atoms with Gasteiger partial charge in [0.2, 0.25) is 0 Å². The predicted octanol–water partition coefficient (Wildman–Crippen LogP) is 1.94. The summed E-state index contributed by atoms with van der Waals surface area (Å²) in [4.78, 5) is 7.73. The van der Waals surface area contributed by atoms with E-state index in [2.05, 4.69) is 24.2 Å². The fourth-order valence-corrected chi connectivity index (χ4v) is 4.24. The van der Waals surface area contributed by atoms with Gasteiger partial charge in [0.1, 0.15) is 16.3 Å². The van der Waals surface area contributed by atoms with Gasteiger partial charge in [-0.15, -0.1) is 10.2 Å². The van der Waals surface area contributed by atoms with Gasteiger partial charge >= 0.3 is 10.1 Å². The van der Waals surface area contributed by atoms with Crippen molar-refractivity contribution in [3.63, 3.8) is 0 Å². The Labute approximate surface area is 190 Å². The quantitative estimate of drug-likeness (QED) is 0.171. The van der Waals surface area contributed by atoms with Gasteiger partial charge in [0.15, 0.2) is 17.2 Å². The van der Waals surface area contributed by atoms with Gasteiger partial charge in [-0.25, -0.2) is 0 Å². The van der Waals surface area contributed by atoms with Crippen LogP contribution in [0.5, 0.6) is 17.2 Å². The van der Waals surface area contributed by atoms with Crippen molar-refractivity contribution in [1.29, 1.82) is 0 Å². The van der Waals surface area contributed by atoms with E-state index in [1.54, 1.807) is 0 Å². The van der Waals surface area contributed by atoms with Gasteiger partial charge < -0.3 is 14.8 Å². The van der Waals surface area contributed by atoms with Crippen LogP contribution in [-0.2, 0) is 24.5 Å². The molecule has 176 valence electrons. The Bertz CT molecular complexity index is 1490. The van der Waals surface area contributed by atoms with Gasteiger partial charge in [-0.3, -0.25) is 4.55 Å². The standard InChI is InChI=1S/C16H14ClN5O9S2/c17-8-1-2-11(29-18)10(5-8)21-22-15-13(32(24,25)26)4-7-3-9(33(27,28)31-20)6-12(30-19)14(7)16(15)23/h1-6,23H,18-20H2,(H,24,25,26). The number of hydrogen-bond donors (Lipinski definition) is 5. The lowest BCUT2D eigenvalue weighted by molar-refractivity contribution is 0.328. The molecule has 17 heteroatoms. The average molecular weight is 520 g/mol. The first kappa shape index (κ1) is 24.6. The van der Waals surface area contributed by atoms with Gasteiger partial charge in [-0.1, -0.05) is 11.6 Å². The lowest BCUT2D eigenvalue weighted by Gasteiger charge is -2.13. The van der Waals surface area contributed by atoms with Crippen LogP contribution in [0.1, 0.15) is 0 Å². The maximum absolute atomic E-state index is 12.0. The molecule has 0 aromatic heterocycles. The number of azo groups is 1. The zero-order chi connectivity index (χ0) is 24.6. The molecule has 14 nitrogen and oxygen atoms in total. The van der Waals surface area contributed by atoms with Gasteiger partial charge in [0.25, 0.3) is 10.1 Å². The van der Waals surface area contributed by atoms with Crippen LogP contribution in [0.15, 0.2) is 56.4 Å². The topological polar surface area (TPSA) is 239 Å². The normalized spacial score (nSPS) is 12.4. The minimum absolute atomic E-state index is 0.000511. The van der Waals surface area contributed by atoms with Crippen LogP contribution in [0.3, 0.4) is 0 Å². The Morgan fingerprint density at radius 2 is 1.58 bits per heavy atom. The van der Waals surface area contributed by atoms with Crippen molar-refractivity contribution in [2.24, 2.45) is 27.9 Å². The molecular formula is C16H14ClN5O9S2. The van der Waals surface area contributed by atoms with E-state index in [-0.39, 0.29) is 27.2 Å². The molecule has 0 amide bonds. The molecular weight excluding hydrogens is 506 g/mol. The molecule has 0 fully saturated rings. The molecule has 0 saturated carbocycles. The van der Waals surface area contributed by atoms with Crippen LogP contribution in [0.2, 0.25) is 5.02 Å². The number of phenols is 1. The molecule has 0 unspecified atom stereocenters. The van der Waals surface area contributed by atoms with E-state index in [1.165, 1.54) is 18.2 Å². The summed E-state index contributed by atoms with van der Waals surface area (Å²) < 4.78 is 61.5. The van der Waals surface area contributed by atoms with Crippen molar-refractivity contribution >= 4 is 54.0 Å². The minimum atomic E-state index is -5.02. The third kappa shape index (κ3) is 4.82. The monoisotopic (exact) mass is 519 g/mol. The van der Waals surface area contributed by atoms with Gasteiger partial charge in [0.05, 0.1) is 10.3 Å². The number of aromatic hydroxyl groups is 1. The first-order chi connectivity index (χ1) is 15.4. The molecule has 8 N–H and O–H groups in total. The van der Waals surface area contributed by atoms with E-state index in [9.17, 15) is 26.5 Å². The van der Waals surface area contributed by atoms with Crippen LogP contribution in [0.4, 0.5) is 11.4 Å². The van der Waals surface area contributed by atoms with E-state index in [0.717, 1.165) is 18.2 Å². The van der Waals surface area contributed by atoms with Crippen LogP contribution < -0.4 is 27.4 Å². The van der Waals surface area contributed by atoms with Gasteiger partial charge in [0, 0.05) is 11.1 Å². The Hall–Kier alpha value is -3.09. The average Bonchev–Trinajstić information content (AvgIpc) is 2.76. The molecule has 0 saturated heterocycles. The van der Waals surface area contributed by atoms with Crippen LogP contribution in [0.25, 0.3) is 10.8 Å². The van der Waals surface area contributed by atoms with Crippen molar-refractivity contribution < 1.29 is 40.5 Å². The molecule has 33 heavy (non-hydrogen) atoms. The summed E-state index contributed by atoms with van der Waals surface area (Å²) in [6.07, 6.45) is 0. The van der Waals surface area contributed by atoms with E-state index >= 15 is 0 Å². The summed E-state index contributed by atoms with van der Waals surface area (Å²) in [6, 6.07) is 6.61. The highest BCUT2D eigenvalue weighted by atomic mass is 35.5. The number of phenolic OH excluding ortho intramolecular Hbond substituents is 1. The Kier molecular flexibility index (Phi) is 6.73. The number of benzene rings is 3. The number of hydrogen-bond acceptors (Lipinski definition) is 13. The molecule has 0 aliphatic rings. The highest BCUT2D eigenvalue weighted by Crippen LogP contribution is 2.46. The van der Waals surface area contributed by atoms with Crippen LogP contribution >= 0.6 is 11.6 Å². The maximum Gasteiger partial charge on any atom is 0.312 e.